The first-order valence-corrected chi connectivity index (χ1v) is 9.63. The number of halogens is 3. The van der Waals surface area contributed by atoms with Gasteiger partial charge in [-0.2, -0.15) is 0 Å². The van der Waals surface area contributed by atoms with Gasteiger partial charge in [0.1, 0.15) is 12.7 Å². The van der Waals surface area contributed by atoms with E-state index in [1.54, 1.807) is 48.5 Å². The van der Waals surface area contributed by atoms with Crippen molar-refractivity contribution in [1.82, 2.24) is 4.90 Å². The lowest BCUT2D eigenvalue weighted by molar-refractivity contribution is -0.117. The molecule has 6 nitrogen and oxygen atoms in total. The van der Waals surface area contributed by atoms with Crippen LogP contribution in [0.25, 0.3) is 0 Å². The number of carbonyl (C=O) groups is 3. The Labute approximate surface area is 179 Å². The average Bonchev–Trinajstić information content (AvgIpc) is 3.08. The highest BCUT2D eigenvalue weighted by Gasteiger charge is 2.48. The second kappa shape index (κ2) is 7.23. The Morgan fingerprint density at radius 2 is 1.50 bits per heavy atom. The minimum absolute atomic E-state index is 0.247. The normalized spacial score (nSPS) is 16.5. The lowest BCUT2D eigenvalue weighted by Crippen LogP contribution is -2.50. The van der Waals surface area contributed by atoms with E-state index in [2.05, 4.69) is 5.32 Å². The van der Waals surface area contributed by atoms with Crippen LogP contribution < -0.4 is 10.2 Å². The lowest BCUT2D eigenvalue weighted by Gasteiger charge is -2.40. The van der Waals surface area contributed by atoms with E-state index in [-0.39, 0.29) is 17.2 Å². The molecule has 0 saturated heterocycles. The summed E-state index contributed by atoms with van der Waals surface area (Å²) < 4.78 is 40.2. The molecule has 2 heterocycles. The van der Waals surface area contributed by atoms with E-state index in [1.807, 2.05) is 0 Å². The molecule has 9 heteroatoms. The van der Waals surface area contributed by atoms with Crippen LogP contribution >= 0.6 is 0 Å². The molecular formula is C23H14F3N3O3. The number of hydrogen-bond donors (Lipinski definition) is 1. The molecule has 3 aromatic carbocycles. The highest BCUT2D eigenvalue weighted by Crippen LogP contribution is 2.44. The molecule has 0 aromatic heterocycles. The molecule has 32 heavy (non-hydrogen) atoms. The van der Waals surface area contributed by atoms with E-state index in [0.717, 1.165) is 0 Å². The molecule has 2 aliphatic heterocycles. The van der Waals surface area contributed by atoms with Gasteiger partial charge in [-0.15, -0.1) is 0 Å². The van der Waals surface area contributed by atoms with Crippen LogP contribution in [-0.4, -0.2) is 29.2 Å². The van der Waals surface area contributed by atoms with Gasteiger partial charge in [0.05, 0.1) is 11.3 Å². The Morgan fingerprint density at radius 1 is 0.875 bits per heavy atom. The summed E-state index contributed by atoms with van der Waals surface area (Å²) in [5.74, 6) is -6.10. The summed E-state index contributed by atoms with van der Waals surface area (Å²) in [7, 11) is 0. The molecule has 0 unspecified atom stereocenters. The number of rotatable bonds is 3. The molecule has 0 spiro atoms. The van der Waals surface area contributed by atoms with E-state index in [0.29, 0.717) is 28.9 Å². The number of fused-ring (bicyclic) bond motifs is 5. The van der Waals surface area contributed by atoms with E-state index in [1.165, 1.54) is 9.80 Å². The Hall–Kier alpha value is -4.14. The molecule has 0 radical (unpaired) electrons. The van der Waals surface area contributed by atoms with Gasteiger partial charge in [0.15, 0.2) is 17.5 Å². The number of anilines is 2. The predicted molar refractivity (Wildman–Crippen MR) is 108 cm³/mol. The summed E-state index contributed by atoms with van der Waals surface area (Å²) in [5, 5.41) is 2.27. The fourth-order valence-corrected chi connectivity index (χ4v) is 4.12. The van der Waals surface area contributed by atoms with Crippen molar-refractivity contribution in [2.45, 2.75) is 6.17 Å². The van der Waals surface area contributed by atoms with Crippen LogP contribution in [0.15, 0.2) is 60.7 Å². The summed E-state index contributed by atoms with van der Waals surface area (Å²) in [6.45, 7) is -0.503. The Bertz CT molecular complexity index is 1290. The maximum absolute atomic E-state index is 13.5. The van der Waals surface area contributed by atoms with Crippen LogP contribution in [-0.2, 0) is 4.79 Å². The lowest BCUT2D eigenvalue weighted by atomic mass is 10.0. The van der Waals surface area contributed by atoms with Crippen LogP contribution in [0.3, 0.4) is 0 Å². The topological polar surface area (TPSA) is 69.7 Å². The highest BCUT2D eigenvalue weighted by atomic mass is 19.2. The summed E-state index contributed by atoms with van der Waals surface area (Å²) in [5.41, 5.74) is 1.36. The van der Waals surface area contributed by atoms with Crippen molar-refractivity contribution < 1.29 is 27.6 Å². The van der Waals surface area contributed by atoms with Gasteiger partial charge in [-0.25, -0.2) is 13.2 Å². The molecule has 3 aromatic rings. The van der Waals surface area contributed by atoms with Gasteiger partial charge in [0.25, 0.3) is 11.8 Å². The third-order valence-electron chi connectivity index (χ3n) is 5.46. The van der Waals surface area contributed by atoms with E-state index in [9.17, 15) is 27.6 Å². The number of nitrogens with zero attached hydrogens (tertiary/aromatic N) is 2. The third kappa shape index (κ3) is 2.93. The first-order chi connectivity index (χ1) is 15.4. The zero-order chi connectivity index (χ0) is 22.6. The second-order valence-electron chi connectivity index (χ2n) is 7.39. The van der Waals surface area contributed by atoms with Gasteiger partial charge in [0.2, 0.25) is 5.91 Å². The smallest absolute Gasteiger partial charge is 0.260 e. The van der Waals surface area contributed by atoms with Gasteiger partial charge in [-0.05, 0) is 18.2 Å². The van der Waals surface area contributed by atoms with Crippen molar-refractivity contribution in [2.75, 3.05) is 16.8 Å². The minimum atomic E-state index is -1.65. The molecule has 5 rings (SSSR count). The van der Waals surface area contributed by atoms with Gasteiger partial charge in [0, 0.05) is 28.9 Å². The van der Waals surface area contributed by atoms with Crippen molar-refractivity contribution >= 4 is 29.1 Å². The van der Waals surface area contributed by atoms with Crippen molar-refractivity contribution in [3.63, 3.8) is 0 Å². The third-order valence-corrected chi connectivity index (χ3v) is 5.46. The predicted octanol–water partition coefficient (Wildman–Crippen LogP) is 3.86. The van der Waals surface area contributed by atoms with Crippen molar-refractivity contribution in [1.29, 1.82) is 0 Å². The first kappa shape index (κ1) is 19.8. The number of hydrogen-bond acceptors (Lipinski definition) is 3. The maximum atomic E-state index is 13.5. The second-order valence-corrected chi connectivity index (χ2v) is 7.39. The van der Waals surface area contributed by atoms with Crippen LogP contribution in [0.2, 0.25) is 0 Å². The van der Waals surface area contributed by atoms with E-state index in [4.69, 9.17) is 0 Å². The molecule has 3 amide bonds. The molecular weight excluding hydrogens is 423 g/mol. The first-order valence-electron chi connectivity index (χ1n) is 9.63. The van der Waals surface area contributed by atoms with Gasteiger partial charge < -0.3 is 10.2 Å². The fraction of sp³-hybridized carbons (Fsp3) is 0.0870. The van der Waals surface area contributed by atoms with Crippen molar-refractivity contribution in [3.8, 4) is 0 Å². The van der Waals surface area contributed by atoms with Gasteiger partial charge in [-0.3, -0.25) is 19.3 Å². The molecule has 2 aliphatic rings. The van der Waals surface area contributed by atoms with Crippen LogP contribution in [0.1, 0.15) is 32.4 Å². The van der Waals surface area contributed by atoms with Gasteiger partial charge in [-0.1, -0.05) is 30.3 Å². The molecule has 0 bridgehead atoms. The molecule has 0 fully saturated rings. The standard InChI is InChI=1S/C23H14F3N3O3/c24-16-9-12(10-17(25)20(16)26)27-19(30)11-28-21-13-5-1-2-6-14(13)23(32)29(21)18-8-4-3-7-15(18)22(28)31/h1-10,21H,11H2,(H,27,30)/t21-/m0/s1. The number of benzene rings is 3. The molecule has 1 N–H and O–H groups in total. The quantitative estimate of drug-likeness (QED) is 0.633. The van der Waals surface area contributed by atoms with Crippen LogP contribution in [0.5, 0.6) is 0 Å². The number of carbonyl (C=O) groups excluding carboxylic acids is 3. The monoisotopic (exact) mass is 437 g/mol. The Kier molecular flexibility index (Phi) is 4.47. The Balaban J connectivity index is 1.51. The van der Waals surface area contributed by atoms with Crippen LogP contribution in [0.4, 0.5) is 24.5 Å². The zero-order valence-electron chi connectivity index (χ0n) is 16.3. The summed E-state index contributed by atoms with van der Waals surface area (Å²) >= 11 is 0. The number of para-hydroxylation sites is 1. The van der Waals surface area contributed by atoms with E-state index < -0.39 is 42.0 Å². The number of nitrogens with one attached hydrogen (secondary N) is 1. The summed E-state index contributed by atoms with van der Waals surface area (Å²) in [6.07, 6.45) is -0.853. The molecule has 0 saturated carbocycles. The molecule has 0 aliphatic carbocycles. The molecule has 1 atom stereocenters. The SMILES string of the molecule is O=C(CN1C(=O)c2ccccc2N2C(=O)c3ccccc3[C@@H]12)Nc1cc(F)c(F)c(F)c1. The van der Waals surface area contributed by atoms with Crippen molar-refractivity contribution in [2.24, 2.45) is 0 Å². The van der Waals surface area contributed by atoms with Crippen LogP contribution in [0, 0.1) is 17.5 Å². The average molecular weight is 437 g/mol. The summed E-state index contributed by atoms with van der Waals surface area (Å²) in [6, 6.07) is 14.6. The van der Waals surface area contributed by atoms with Gasteiger partial charge >= 0.3 is 0 Å². The molecule has 160 valence electrons. The van der Waals surface area contributed by atoms with E-state index >= 15 is 0 Å². The minimum Gasteiger partial charge on any atom is -0.324 e. The van der Waals surface area contributed by atoms with Crippen molar-refractivity contribution in [3.05, 3.63) is 94.8 Å². The summed E-state index contributed by atoms with van der Waals surface area (Å²) in [4.78, 5) is 41.7. The largest absolute Gasteiger partial charge is 0.324 e. The fourth-order valence-electron chi connectivity index (χ4n) is 4.12. The highest BCUT2D eigenvalue weighted by molar-refractivity contribution is 6.17. The number of amides is 3. The zero-order valence-corrected chi connectivity index (χ0v) is 16.3. The maximum Gasteiger partial charge on any atom is 0.260 e. The Morgan fingerprint density at radius 3 is 2.22 bits per heavy atom.